The highest BCUT2D eigenvalue weighted by molar-refractivity contribution is 7.25. The molecule has 0 bridgehead atoms. The number of rotatable bonds is 1. The van der Waals surface area contributed by atoms with Gasteiger partial charge in [-0.25, -0.2) is 14.8 Å². The Morgan fingerprint density at radius 3 is 2.67 bits per heavy atom. The summed E-state index contributed by atoms with van der Waals surface area (Å²) in [5.74, 6) is 0.374. The highest BCUT2D eigenvalue weighted by Crippen LogP contribution is 2.31. The van der Waals surface area contributed by atoms with Crippen molar-refractivity contribution in [3.63, 3.8) is 0 Å². The van der Waals surface area contributed by atoms with Gasteiger partial charge in [-0.1, -0.05) is 30.3 Å². The molecule has 102 valence electrons. The van der Waals surface area contributed by atoms with Crippen molar-refractivity contribution in [2.45, 2.75) is 6.92 Å². The van der Waals surface area contributed by atoms with Crippen LogP contribution in [-0.2, 0) is 0 Å². The monoisotopic (exact) mass is 294 g/mol. The summed E-state index contributed by atoms with van der Waals surface area (Å²) in [6.07, 6.45) is 0. The first kappa shape index (κ1) is 12.2. The van der Waals surface area contributed by atoms with Crippen molar-refractivity contribution in [2.24, 2.45) is 0 Å². The molecular weight excluding hydrogens is 284 g/mol. The van der Waals surface area contributed by atoms with Crippen LogP contribution < -0.4 is 5.63 Å². The Bertz CT molecular complexity index is 1020. The van der Waals surface area contributed by atoms with E-state index in [1.165, 1.54) is 11.3 Å². The quantitative estimate of drug-likeness (QED) is 0.536. The molecule has 0 unspecified atom stereocenters. The Labute approximate surface area is 123 Å². The summed E-state index contributed by atoms with van der Waals surface area (Å²) in [5.41, 5.74) is 2.27. The lowest BCUT2D eigenvalue weighted by Crippen LogP contribution is -1.99. The number of nitrogens with zero attached hydrogens (tertiary/aromatic N) is 2. The molecule has 0 saturated heterocycles. The van der Waals surface area contributed by atoms with Crippen LogP contribution in [0.4, 0.5) is 0 Å². The highest BCUT2D eigenvalue weighted by Gasteiger charge is 2.13. The standard InChI is InChI=1S/C16H10N2O2S/c1-9-17-13-11-7-8-12(10-5-3-2-4-6-10)18-15(11)21-14(13)16(19)20-9/h2-8H,1H3. The van der Waals surface area contributed by atoms with E-state index in [1.54, 1.807) is 6.92 Å². The van der Waals surface area contributed by atoms with Gasteiger partial charge in [-0.3, -0.25) is 0 Å². The molecule has 5 heteroatoms. The third-order valence-corrected chi connectivity index (χ3v) is 4.36. The van der Waals surface area contributed by atoms with Gasteiger partial charge in [0.1, 0.15) is 15.0 Å². The zero-order valence-corrected chi connectivity index (χ0v) is 12.0. The first-order valence-electron chi connectivity index (χ1n) is 6.49. The summed E-state index contributed by atoms with van der Waals surface area (Å²) >= 11 is 1.33. The molecule has 0 aliphatic rings. The predicted octanol–water partition coefficient (Wildman–Crippen LogP) is 3.77. The van der Waals surface area contributed by atoms with E-state index in [9.17, 15) is 4.79 Å². The second-order valence-electron chi connectivity index (χ2n) is 4.72. The van der Waals surface area contributed by atoms with E-state index in [-0.39, 0.29) is 5.63 Å². The minimum absolute atomic E-state index is 0.346. The summed E-state index contributed by atoms with van der Waals surface area (Å²) in [4.78, 5) is 21.7. The van der Waals surface area contributed by atoms with Gasteiger partial charge in [-0.05, 0) is 12.1 Å². The van der Waals surface area contributed by atoms with Crippen molar-refractivity contribution in [1.82, 2.24) is 9.97 Å². The number of pyridine rings is 1. The maximum Gasteiger partial charge on any atom is 0.357 e. The van der Waals surface area contributed by atoms with Crippen molar-refractivity contribution < 1.29 is 4.42 Å². The number of aromatic nitrogens is 2. The molecule has 3 heterocycles. The van der Waals surface area contributed by atoms with Crippen LogP contribution in [0.25, 0.3) is 31.7 Å². The SMILES string of the molecule is Cc1nc2c(sc3nc(-c4ccccc4)ccc32)c(=O)o1. The zero-order chi connectivity index (χ0) is 14.4. The van der Waals surface area contributed by atoms with Crippen molar-refractivity contribution in [2.75, 3.05) is 0 Å². The largest absolute Gasteiger partial charge is 0.408 e. The van der Waals surface area contributed by atoms with Crippen LogP contribution in [0.3, 0.4) is 0 Å². The molecule has 0 aliphatic heterocycles. The molecule has 0 saturated carbocycles. The lowest BCUT2D eigenvalue weighted by atomic mass is 10.1. The maximum atomic E-state index is 11.9. The van der Waals surface area contributed by atoms with Crippen LogP contribution in [-0.4, -0.2) is 9.97 Å². The molecule has 4 nitrogen and oxygen atoms in total. The molecule has 0 atom stereocenters. The molecule has 3 aromatic heterocycles. The summed E-state index contributed by atoms with van der Waals surface area (Å²) in [5, 5.41) is 0.894. The molecule has 0 amide bonds. The van der Waals surface area contributed by atoms with Gasteiger partial charge in [0.15, 0.2) is 5.89 Å². The van der Waals surface area contributed by atoms with Crippen molar-refractivity contribution in [1.29, 1.82) is 0 Å². The Balaban J connectivity index is 2.03. The Morgan fingerprint density at radius 2 is 1.86 bits per heavy atom. The lowest BCUT2D eigenvalue weighted by Gasteiger charge is -2.00. The van der Waals surface area contributed by atoms with Gasteiger partial charge >= 0.3 is 5.63 Å². The van der Waals surface area contributed by atoms with Gasteiger partial charge in [0, 0.05) is 17.9 Å². The van der Waals surface area contributed by atoms with Gasteiger partial charge in [-0.2, -0.15) is 0 Å². The molecular formula is C16H10N2O2S. The fourth-order valence-electron chi connectivity index (χ4n) is 2.35. The van der Waals surface area contributed by atoms with Crippen LogP contribution in [0.2, 0.25) is 0 Å². The van der Waals surface area contributed by atoms with E-state index in [1.807, 2.05) is 42.5 Å². The summed E-state index contributed by atoms with van der Waals surface area (Å²) in [6, 6.07) is 13.9. The number of hydrogen-bond acceptors (Lipinski definition) is 5. The smallest absolute Gasteiger partial charge is 0.357 e. The predicted molar refractivity (Wildman–Crippen MR) is 83.6 cm³/mol. The summed E-state index contributed by atoms with van der Waals surface area (Å²) < 4.78 is 5.57. The summed E-state index contributed by atoms with van der Waals surface area (Å²) in [6.45, 7) is 1.68. The van der Waals surface area contributed by atoms with Crippen molar-refractivity contribution in [3.8, 4) is 11.3 Å². The normalized spacial score (nSPS) is 11.3. The van der Waals surface area contributed by atoms with Crippen LogP contribution in [0.1, 0.15) is 5.89 Å². The Kier molecular flexibility index (Phi) is 2.62. The van der Waals surface area contributed by atoms with E-state index in [4.69, 9.17) is 4.42 Å². The van der Waals surface area contributed by atoms with E-state index >= 15 is 0 Å². The van der Waals surface area contributed by atoms with Crippen molar-refractivity contribution >= 4 is 31.8 Å². The van der Waals surface area contributed by atoms with E-state index < -0.39 is 0 Å². The molecule has 0 radical (unpaired) electrons. The molecule has 4 aromatic rings. The second kappa shape index (κ2) is 4.49. The Morgan fingerprint density at radius 1 is 1.05 bits per heavy atom. The minimum Gasteiger partial charge on any atom is -0.408 e. The average Bonchev–Trinajstić information content (AvgIpc) is 2.86. The van der Waals surface area contributed by atoms with Crippen LogP contribution in [0, 0.1) is 6.92 Å². The molecule has 4 rings (SSSR count). The number of benzene rings is 1. The van der Waals surface area contributed by atoms with Gasteiger partial charge in [-0.15, -0.1) is 11.3 Å². The van der Waals surface area contributed by atoms with E-state index in [0.29, 0.717) is 16.1 Å². The molecule has 0 N–H and O–H groups in total. The maximum absolute atomic E-state index is 11.9. The van der Waals surface area contributed by atoms with Gasteiger partial charge in [0.05, 0.1) is 5.69 Å². The van der Waals surface area contributed by atoms with E-state index in [2.05, 4.69) is 9.97 Å². The first-order valence-corrected chi connectivity index (χ1v) is 7.30. The summed E-state index contributed by atoms with van der Waals surface area (Å²) in [7, 11) is 0. The molecule has 0 spiro atoms. The minimum atomic E-state index is -0.346. The van der Waals surface area contributed by atoms with Gasteiger partial charge in [0.2, 0.25) is 0 Å². The Hall–Kier alpha value is -2.53. The average molecular weight is 294 g/mol. The van der Waals surface area contributed by atoms with Crippen LogP contribution in [0.5, 0.6) is 0 Å². The fraction of sp³-hybridized carbons (Fsp3) is 0.0625. The number of fused-ring (bicyclic) bond motifs is 3. The molecule has 21 heavy (non-hydrogen) atoms. The van der Waals surface area contributed by atoms with Gasteiger partial charge < -0.3 is 4.42 Å². The fourth-order valence-corrected chi connectivity index (χ4v) is 3.33. The zero-order valence-electron chi connectivity index (χ0n) is 11.2. The second-order valence-corrected chi connectivity index (χ2v) is 5.71. The lowest BCUT2D eigenvalue weighted by molar-refractivity contribution is 0.468. The molecule has 0 aliphatic carbocycles. The topological polar surface area (TPSA) is 56.0 Å². The van der Waals surface area contributed by atoms with Crippen molar-refractivity contribution in [3.05, 3.63) is 58.8 Å². The third-order valence-electron chi connectivity index (χ3n) is 3.29. The molecule has 1 aromatic carbocycles. The number of aryl methyl sites for hydroxylation is 1. The molecule has 0 fully saturated rings. The highest BCUT2D eigenvalue weighted by atomic mass is 32.1. The first-order chi connectivity index (χ1) is 10.2. The number of hydrogen-bond donors (Lipinski definition) is 0. The van der Waals surface area contributed by atoms with Crippen LogP contribution in [0.15, 0.2) is 51.7 Å². The van der Waals surface area contributed by atoms with Crippen LogP contribution >= 0.6 is 11.3 Å². The third kappa shape index (κ3) is 1.94. The van der Waals surface area contributed by atoms with Gasteiger partial charge in [0.25, 0.3) is 0 Å². The number of thiophene rings is 1. The van der Waals surface area contributed by atoms with E-state index in [0.717, 1.165) is 21.5 Å².